The molecule has 1 aliphatic rings. The van der Waals surface area contributed by atoms with Gasteiger partial charge < -0.3 is 5.32 Å². The van der Waals surface area contributed by atoms with Crippen molar-refractivity contribution in [2.75, 3.05) is 10.2 Å². The third kappa shape index (κ3) is 3.97. The number of hydrogen-bond acceptors (Lipinski definition) is 4. The molecule has 0 saturated heterocycles. The first-order valence-electron chi connectivity index (χ1n) is 9.09. The van der Waals surface area contributed by atoms with E-state index in [0.29, 0.717) is 10.7 Å². The van der Waals surface area contributed by atoms with Crippen molar-refractivity contribution in [2.24, 2.45) is 0 Å². The number of carbonyl (C=O) groups excluding carboxylic acids is 2. The lowest BCUT2D eigenvalue weighted by molar-refractivity contribution is -0.120. The third-order valence-electron chi connectivity index (χ3n) is 4.49. The molecule has 0 unspecified atom stereocenters. The van der Waals surface area contributed by atoms with Crippen molar-refractivity contribution in [3.05, 3.63) is 99.8 Å². The van der Waals surface area contributed by atoms with Gasteiger partial charge in [0, 0.05) is 15.6 Å². The zero-order valence-electron chi connectivity index (χ0n) is 15.9. The number of thioether (sulfide) groups is 1. The number of carbonyl (C=O) groups is 2. The molecule has 3 aromatic carbocycles. The number of anilines is 2. The van der Waals surface area contributed by atoms with Gasteiger partial charge in [-0.2, -0.15) is 0 Å². The zero-order chi connectivity index (χ0) is 21.3. The van der Waals surface area contributed by atoms with Gasteiger partial charge in [0.15, 0.2) is 0 Å². The number of imide groups is 1. The van der Waals surface area contributed by atoms with Gasteiger partial charge in [-0.3, -0.25) is 9.59 Å². The quantitative estimate of drug-likeness (QED) is 0.513. The van der Waals surface area contributed by atoms with Crippen LogP contribution in [0.5, 0.6) is 0 Å². The molecular weight excluding hydrogens is 423 g/mol. The lowest BCUT2D eigenvalue weighted by Crippen LogP contribution is -2.33. The molecule has 1 heterocycles. The summed E-state index contributed by atoms with van der Waals surface area (Å²) in [6, 6.07) is 20.0. The Morgan fingerprint density at radius 2 is 1.57 bits per heavy atom. The van der Waals surface area contributed by atoms with Crippen LogP contribution in [0, 0.1) is 12.7 Å². The molecule has 0 aliphatic carbocycles. The number of aryl methyl sites for hydroxylation is 1. The zero-order valence-corrected chi connectivity index (χ0v) is 17.4. The van der Waals surface area contributed by atoms with Crippen LogP contribution in [0.2, 0.25) is 5.02 Å². The summed E-state index contributed by atoms with van der Waals surface area (Å²) in [5.74, 6) is -1.84. The number of halogens is 2. The minimum atomic E-state index is -0.647. The second-order valence-electron chi connectivity index (χ2n) is 6.65. The lowest BCUT2D eigenvalue weighted by Gasteiger charge is -2.16. The van der Waals surface area contributed by atoms with Crippen LogP contribution in [0.1, 0.15) is 5.56 Å². The van der Waals surface area contributed by atoms with Gasteiger partial charge in [-0.05, 0) is 55.5 Å². The highest BCUT2D eigenvalue weighted by atomic mass is 35.5. The van der Waals surface area contributed by atoms with Crippen molar-refractivity contribution < 1.29 is 14.0 Å². The Kier molecular flexibility index (Phi) is 5.61. The van der Waals surface area contributed by atoms with E-state index in [1.54, 1.807) is 30.3 Å². The summed E-state index contributed by atoms with van der Waals surface area (Å²) in [5.41, 5.74) is 1.74. The summed E-state index contributed by atoms with van der Waals surface area (Å²) in [6.07, 6.45) is 0. The highest BCUT2D eigenvalue weighted by molar-refractivity contribution is 8.04. The Bertz CT molecular complexity index is 1090. The van der Waals surface area contributed by atoms with Crippen LogP contribution in [0.25, 0.3) is 0 Å². The number of amides is 2. The van der Waals surface area contributed by atoms with E-state index >= 15 is 0 Å². The van der Waals surface area contributed by atoms with Crippen molar-refractivity contribution in [1.29, 1.82) is 0 Å². The second-order valence-corrected chi connectivity index (χ2v) is 8.17. The van der Waals surface area contributed by atoms with Crippen molar-refractivity contribution in [2.45, 2.75) is 11.8 Å². The summed E-state index contributed by atoms with van der Waals surface area (Å²) < 4.78 is 14.4. The van der Waals surface area contributed by atoms with E-state index in [1.807, 2.05) is 31.2 Å². The van der Waals surface area contributed by atoms with Gasteiger partial charge in [0.1, 0.15) is 16.4 Å². The topological polar surface area (TPSA) is 49.4 Å². The maximum absolute atomic E-state index is 14.4. The van der Waals surface area contributed by atoms with Crippen molar-refractivity contribution in [3.8, 4) is 0 Å². The molecule has 150 valence electrons. The molecule has 0 fully saturated rings. The first-order chi connectivity index (χ1) is 14.4. The molecule has 2 amide bonds. The summed E-state index contributed by atoms with van der Waals surface area (Å²) in [4.78, 5) is 28.1. The fourth-order valence-corrected chi connectivity index (χ4v) is 4.02. The molecule has 1 aliphatic heterocycles. The molecule has 0 bridgehead atoms. The number of hydrogen-bond donors (Lipinski definition) is 1. The van der Waals surface area contributed by atoms with Crippen LogP contribution < -0.4 is 10.2 Å². The smallest absolute Gasteiger partial charge is 0.283 e. The maximum Gasteiger partial charge on any atom is 0.283 e. The van der Waals surface area contributed by atoms with E-state index in [0.717, 1.165) is 27.1 Å². The van der Waals surface area contributed by atoms with Gasteiger partial charge in [-0.1, -0.05) is 53.2 Å². The SMILES string of the molecule is Cc1ccc(NC2=C(Sc3ccc(Cl)cc3)C(=O)N(c3ccccc3F)C2=O)cc1. The number of nitrogens with zero attached hydrogens (tertiary/aromatic N) is 1. The van der Waals surface area contributed by atoms with Gasteiger partial charge >= 0.3 is 0 Å². The minimum Gasteiger partial charge on any atom is -0.350 e. The fourth-order valence-electron chi connectivity index (χ4n) is 2.97. The molecule has 0 atom stereocenters. The Morgan fingerprint density at radius 3 is 2.23 bits per heavy atom. The van der Waals surface area contributed by atoms with E-state index in [9.17, 15) is 14.0 Å². The highest BCUT2D eigenvalue weighted by Gasteiger charge is 2.41. The van der Waals surface area contributed by atoms with Crippen molar-refractivity contribution >= 4 is 46.6 Å². The van der Waals surface area contributed by atoms with E-state index in [-0.39, 0.29) is 16.3 Å². The Hall–Kier alpha value is -3.09. The molecule has 30 heavy (non-hydrogen) atoms. The molecule has 3 aromatic rings. The first-order valence-corrected chi connectivity index (χ1v) is 10.3. The Labute approximate surface area is 182 Å². The fraction of sp³-hybridized carbons (Fsp3) is 0.0435. The van der Waals surface area contributed by atoms with Crippen LogP contribution in [-0.2, 0) is 9.59 Å². The van der Waals surface area contributed by atoms with Gasteiger partial charge in [0.2, 0.25) is 0 Å². The average molecular weight is 439 g/mol. The second kappa shape index (κ2) is 8.34. The number of para-hydroxylation sites is 1. The number of benzene rings is 3. The van der Waals surface area contributed by atoms with Gasteiger partial charge in [-0.25, -0.2) is 9.29 Å². The monoisotopic (exact) mass is 438 g/mol. The summed E-state index contributed by atoms with van der Waals surface area (Å²) in [6.45, 7) is 1.95. The predicted octanol–water partition coefficient (Wildman–Crippen LogP) is 5.78. The lowest BCUT2D eigenvalue weighted by atomic mass is 10.2. The normalized spacial score (nSPS) is 13.9. The van der Waals surface area contributed by atoms with Crippen molar-refractivity contribution in [3.63, 3.8) is 0 Å². The van der Waals surface area contributed by atoms with E-state index < -0.39 is 17.6 Å². The molecule has 4 nitrogen and oxygen atoms in total. The minimum absolute atomic E-state index is 0.0811. The molecule has 1 N–H and O–H groups in total. The van der Waals surface area contributed by atoms with Crippen LogP contribution >= 0.6 is 23.4 Å². The van der Waals surface area contributed by atoms with Crippen molar-refractivity contribution in [1.82, 2.24) is 0 Å². The van der Waals surface area contributed by atoms with Crippen LogP contribution in [-0.4, -0.2) is 11.8 Å². The van der Waals surface area contributed by atoms with Gasteiger partial charge in [0.05, 0.1) is 5.69 Å². The molecule has 4 rings (SSSR count). The number of rotatable bonds is 5. The first kappa shape index (κ1) is 20.2. The van der Waals surface area contributed by atoms with Crippen LogP contribution in [0.4, 0.5) is 15.8 Å². The largest absolute Gasteiger partial charge is 0.350 e. The van der Waals surface area contributed by atoms with E-state index in [1.165, 1.54) is 18.2 Å². The van der Waals surface area contributed by atoms with E-state index in [2.05, 4.69) is 5.32 Å². The molecule has 0 radical (unpaired) electrons. The van der Waals surface area contributed by atoms with Gasteiger partial charge in [-0.15, -0.1) is 0 Å². The predicted molar refractivity (Wildman–Crippen MR) is 118 cm³/mol. The summed E-state index contributed by atoms with van der Waals surface area (Å²) in [7, 11) is 0. The van der Waals surface area contributed by atoms with Gasteiger partial charge in [0.25, 0.3) is 11.8 Å². The molecule has 0 aromatic heterocycles. The Morgan fingerprint density at radius 1 is 0.900 bits per heavy atom. The standard InChI is InChI=1S/C23H16ClFN2O2S/c1-14-6-10-16(11-7-14)26-20-21(30-17-12-8-15(24)9-13-17)23(29)27(22(20)28)19-5-3-2-4-18(19)25/h2-13,26H,1H3. The van der Waals surface area contributed by atoms with Crippen LogP contribution in [0.3, 0.4) is 0 Å². The molecule has 7 heteroatoms. The molecular formula is C23H16ClFN2O2S. The maximum atomic E-state index is 14.4. The number of nitrogens with one attached hydrogen (secondary N) is 1. The highest BCUT2D eigenvalue weighted by Crippen LogP contribution is 2.38. The third-order valence-corrected chi connectivity index (χ3v) is 5.83. The van der Waals surface area contributed by atoms with E-state index in [4.69, 9.17) is 11.6 Å². The van der Waals surface area contributed by atoms with Crippen LogP contribution in [0.15, 0.2) is 88.3 Å². The Balaban J connectivity index is 1.75. The summed E-state index contributed by atoms with van der Waals surface area (Å²) in [5, 5.41) is 3.61. The molecule has 0 saturated carbocycles. The molecule has 0 spiro atoms. The summed E-state index contributed by atoms with van der Waals surface area (Å²) >= 11 is 7.08. The average Bonchev–Trinajstić information content (AvgIpc) is 2.96.